The summed E-state index contributed by atoms with van der Waals surface area (Å²) < 4.78 is 32.8. The number of rotatable bonds is 9. The molecule has 0 fully saturated rings. The Morgan fingerprint density at radius 1 is 1.12 bits per heavy atom. The molecule has 172 valence electrons. The molecule has 0 spiro atoms. The maximum Gasteiger partial charge on any atom is 0.264 e. The fourth-order valence-corrected chi connectivity index (χ4v) is 4.42. The lowest BCUT2D eigenvalue weighted by molar-refractivity contribution is -0.119. The lowest BCUT2D eigenvalue weighted by Gasteiger charge is -2.23. The molecule has 0 unspecified atom stereocenters. The zero-order chi connectivity index (χ0) is 23.8. The molecule has 0 radical (unpaired) electrons. The topological polar surface area (TPSA) is 108 Å². The zero-order valence-corrected chi connectivity index (χ0v) is 19.3. The van der Waals surface area contributed by atoms with Crippen LogP contribution in [-0.4, -0.2) is 38.8 Å². The summed E-state index contributed by atoms with van der Waals surface area (Å²) in [5.74, 6) is -0.363. The van der Waals surface area contributed by atoms with E-state index in [1.807, 2.05) is 0 Å². The van der Waals surface area contributed by atoms with Crippen LogP contribution in [0.3, 0.4) is 0 Å². The number of nitrogens with zero attached hydrogens (tertiary/aromatic N) is 2. The average Bonchev–Trinajstić information content (AvgIpc) is 2.80. The molecule has 0 aromatic heterocycles. The van der Waals surface area contributed by atoms with E-state index in [-0.39, 0.29) is 16.4 Å². The number of carbonyl (C=O) groups is 1. The molecule has 33 heavy (non-hydrogen) atoms. The van der Waals surface area contributed by atoms with Crippen LogP contribution in [0.4, 0.5) is 5.69 Å². The average molecular weight is 488 g/mol. The van der Waals surface area contributed by atoms with Gasteiger partial charge in [-0.3, -0.25) is 9.10 Å². The number of anilines is 1. The molecule has 1 amide bonds. The third-order valence-electron chi connectivity index (χ3n) is 4.42. The van der Waals surface area contributed by atoms with Crippen LogP contribution in [0, 0.1) is 0 Å². The summed E-state index contributed by atoms with van der Waals surface area (Å²) in [5, 5.41) is 14.0. The van der Waals surface area contributed by atoms with Gasteiger partial charge in [0.25, 0.3) is 15.9 Å². The van der Waals surface area contributed by atoms with Crippen LogP contribution in [-0.2, 0) is 14.8 Å². The van der Waals surface area contributed by atoms with E-state index in [9.17, 15) is 18.3 Å². The van der Waals surface area contributed by atoms with E-state index in [2.05, 4.69) is 10.5 Å². The van der Waals surface area contributed by atoms with Crippen LogP contribution in [0.15, 0.2) is 82.8 Å². The van der Waals surface area contributed by atoms with Crippen molar-refractivity contribution in [3.63, 3.8) is 0 Å². The van der Waals surface area contributed by atoms with Crippen LogP contribution in [0.5, 0.6) is 11.5 Å². The molecule has 0 heterocycles. The van der Waals surface area contributed by atoms with Gasteiger partial charge >= 0.3 is 0 Å². The molecule has 3 aromatic carbocycles. The third kappa shape index (κ3) is 6.24. The number of ether oxygens (including phenoxy) is 1. The van der Waals surface area contributed by atoms with Crippen LogP contribution in [0.2, 0.25) is 5.02 Å². The molecule has 3 aromatic rings. The number of amides is 1. The van der Waals surface area contributed by atoms with Crippen LogP contribution in [0.25, 0.3) is 0 Å². The molecule has 0 bridgehead atoms. The van der Waals surface area contributed by atoms with Gasteiger partial charge in [-0.2, -0.15) is 5.10 Å². The second-order valence-corrected chi connectivity index (χ2v) is 9.05. The van der Waals surface area contributed by atoms with Crippen molar-refractivity contribution in [2.24, 2.45) is 5.10 Å². The Balaban J connectivity index is 1.78. The Kier molecular flexibility index (Phi) is 7.92. The summed E-state index contributed by atoms with van der Waals surface area (Å²) in [6.45, 7) is 1.67. The van der Waals surface area contributed by atoms with Crippen molar-refractivity contribution < 1.29 is 23.1 Å². The van der Waals surface area contributed by atoms with E-state index >= 15 is 0 Å². The number of carbonyl (C=O) groups excluding carboxylic acids is 1. The number of hydrogen-bond acceptors (Lipinski definition) is 6. The number of halogens is 1. The molecule has 0 aliphatic heterocycles. The number of aromatic hydroxyl groups is 1. The van der Waals surface area contributed by atoms with Crippen molar-refractivity contribution in [3.8, 4) is 11.5 Å². The first kappa shape index (κ1) is 24.1. The number of para-hydroxylation sites is 1. The van der Waals surface area contributed by atoms with E-state index in [0.29, 0.717) is 22.9 Å². The number of hydrazone groups is 1. The highest BCUT2D eigenvalue weighted by molar-refractivity contribution is 7.92. The SMILES string of the molecule is CCOc1cc(/C=N\NC(=O)CN(c2ccccc2)S(=O)(=O)c2ccc(Cl)cc2)ccc1O. The standard InChI is InChI=1S/C23H22ClN3O5S/c1-2-32-22-14-17(8-13-21(22)28)15-25-26-23(29)16-27(19-6-4-3-5-7-19)33(30,31)20-11-9-18(24)10-12-20/h3-15,28H,2,16H2,1H3,(H,26,29)/b25-15-. The van der Waals surface area contributed by atoms with Gasteiger partial charge in [-0.15, -0.1) is 0 Å². The summed E-state index contributed by atoms with van der Waals surface area (Å²) >= 11 is 5.88. The third-order valence-corrected chi connectivity index (χ3v) is 6.46. The number of hydrogen-bond donors (Lipinski definition) is 2. The van der Waals surface area contributed by atoms with Crippen LogP contribution < -0.4 is 14.5 Å². The highest BCUT2D eigenvalue weighted by Gasteiger charge is 2.27. The molecular formula is C23H22ClN3O5S. The van der Waals surface area contributed by atoms with Crippen molar-refractivity contribution >= 4 is 39.4 Å². The Hall–Kier alpha value is -3.56. The molecule has 10 heteroatoms. The summed E-state index contributed by atoms with van der Waals surface area (Å²) in [4.78, 5) is 12.6. The first-order valence-corrected chi connectivity index (χ1v) is 11.7. The number of nitrogens with one attached hydrogen (secondary N) is 1. The van der Waals surface area contributed by atoms with E-state index in [4.69, 9.17) is 16.3 Å². The van der Waals surface area contributed by atoms with Crippen molar-refractivity contribution in [2.45, 2.75) is 11.8 Å². The highest BCUT2D eigenvalue weighted by Crippen LogP contribution is 2.26. The lowest BCUT2D eigenvalue weighted by atomic mass is 10.2. The normalized spacial score (nSPS) is 11.3. The van der Waals surface area contributed by atoms with E-state index in [1.54, 1.807) is 49.4 Å². The predicted molar refractivity (Wildman–Crippen MR) is 127 cm³/mol. The Bertz CT molecular complexity index is 1230. The van der Waals surface area contributed by atoms with Crippen molar-refractivity contribution in [3.05, 3.63) is 83.4 Å². The van der Waals surface area contributed by atoms with E-state index < -0.39 is 22.5 Å². The summed E-state index contributed by atoms with van der Waals surface area (Å²) in [5.41, 5.74) is 3.23. The Morgan fingerprint density at radius 2 is 1.82 bits per heavy atom. The summed E-state index contributed by atoms with van der Waals surface area (Å²) in [6, 6.07) is 18.6. The maximum atomic E-state index is 13.2. The van der Waals surface area contributed by atoms with Crippen LogP contribution in [0.1, 0.15) is 12.5 Å². The predicted octanol–water partition coefficient (Wildman–Crippen LogP) is 3.79. The summed E-state index contributed by atoms with van der Waals surface area (Å²) in [6.07, 6.45) is 1.36. The minimum absolute atomic E-state index is 0.000369. The van der Waals surface area contributed by atoms with Gasteiger partial charge in [0.1, 0.15) is 6.54 Å². The zero-order valence-electron chi connectivity index (χ0n) is 17.7. The van der Waals surface area contributed by atoms with Gasteiger partial charge in [0.05, 0.1) is 23.4 Å². The highest BCUT2D eigenvalue weighted by atomic mass is 35.5. The van der Waals surface area contributed by atoms with E-state index in [0.717, 1.165) is 4.31 Å². The summed E-state index contributed by atoms with van der Waals surface area (Å²) in [7, 11) is -4.04. The molecular weight excluding hydrogens is 466 g/mol. The van der Waals surface area contributed by atoms with Gasteiger partial charge < -0.3 is 9.84 Å². The molecule has 0 atom stereocenters. The van der Waals surface area contributed by atoms with Gasteiger partial charge in [0.15, 0.2) is 11.5 Å². The molecule has 0 saturated heterocycles. The van der Waals surface area contributed by atoms with Gasteiger partial charge in [0, 0.05) is 5.02 Å². The molecule has 0 saturated carbocycles. The minimum Gasteiger partial charge on any atom is -0.504 e. The van der Waals surface area contributed by atoms with E-state index in [1.165, 1.54) is 36.5 Å². The minimum atomic E-state index is -4.04. The number of phenolic OH excluding ortho intramolecular Hbond substituents is 1. The van der Waals surface area contributed by atoms with Gasteiger partial charge in [-0.05, 0) is 67.1 Å². The number of benzene rings is 3. The molecule has 3 rings (SSSR count). The molecule has 0 aliphatic rings. The fraction of sp³-hybridized carbons (Fsp3) is 0.130. The Morgan fingerprint density at radius 3 is 2.48 bits per heavy atom. The number of sulfonamides is 1. The maximum absolute atomic E-state index is 13.2. The fourth-order valence-electron chi connectivity index (χ4n) is 2.87. The van der Waals surface area contributed by atoms with Crippen molar-refractivity contribution in [2.75, 3.05) is 17.5 Å². The van der Waals surface area contributed by atoms with Crippen LogP contribution >= 0.6 is 11.6 Å². The van der Waals surface area contributed by atoms with Crippen molar-refractivity contribution in [1.29, 1.82) is 0 Å². The molecule has 2 N–H and O–H groups in total. The van der Waals surface area contributed by atoms with Crippen molar-refractivity contribution in [1.82, 2.24) is 5.43 Å². The molecule has 0 aliphatic carbocycles. The first-order chi connectivity index (χ1) is 15.8. The monoisotopic (exact) mass is 487 g/mol. The second-order valence-electron chi connectivity index (χ2n) is 6.75. The Labute approximate surface area is 197 Å². The number of phenols is 1. The quantitative estimate of drug-likeness (QED) is 0.352. The first-order valence-electron chi connectivity index (χ1n) is 9.92. The molecule has 8 nitrogen and oxygen atoms in total. The smallest absolute Gasteiger partial charge is 0.264 e. The largest absolute Gasteiger partial charge is 0.504 e. The van der Waals surface area contributed by atoms with Gasteiger partial charge in [-0.25, -0.2) is 13.8 Å². The second kappa shape index (κ2) is 10.8. The van der Waals surface area contributed by atoms with Gasteiger partial charge in [0.2, 0.25) is 0 Å². The lowest BCUT2D eigenvalue weighted by Crippen LogP contribution is -2.39. The van der Waals surface area contributed by atoms with Gasteiger partial charge in [-0.1, -0.05) is 29.8 Å².